The van der Waals surface area contributed by atoms with Gasteiger partial charge in [0.15, 0.2) is 0 Å². The summed E-state index contributed by atoms with van der Waals surface area (Å²) >= 11 is 0. The van der Waals surface area contributed by atoms with Crippen molar-refractivity contribution in [3.63, 3.8) is 0 Å². The van der Waals surface area contributed by atoms with Crippen molar-refractivity contribution in [1.29, 1.82) is 0 Å². The van der Waals surface area contributed by atoms with Crippen molar-refractivity contribution in [2.75, 3.05) is 11.9 Å². The van der Waals surface area contributed by atoms with Crippen molar-refractivity contribution < 1.29 is 9.53 Å². The highest BCUT2D eigenvalue weighted by Crippen LogP contribution is 2.35. The van der Waals surface area contributed by atoms with Gasteiger partial charge in [0.05, 0.1) is 11.8 Å². The molecule has 3 atom stereocenters. The largest absolute Gasteiger partial charge is 0.368 e. The van der Waals surface area contributed by atoms with E-state index in [-0.39, 0.29) is 24.0 Å². The molecule has 1 amide bonds. The molecule has 4 heteroatoms. The first kappa shape index (κ1) is 20.9. The lowest BCUT2D eigenvalue weighted by atomic mass is 9.75. The van der Waals surface area contributed by atoms with Crippen LogP contribution in [0.2, 0.25) is 0 Å². The molecule has 1 saturated carbocycles. The van der Waals surface area contributed by atoms with Crippen LogP contribution in [0.15, 0.2) is 24.3 Å². The Labute approximate surface area is 169 Å². The van der Waals surface area contributed by atoms with Crippen LogP contribution < -0.4 is 5.32 Å². The summed E-state index contributed by atoms with van der Waals surface area (Å²) in [5, 5.41) is 4.10. The Balaban J connectivity index is 1.63. The van der Waals surface area contributed by atoms with Gasteiger partial charge in [-0.3, -0.25) is 4.79 Å². The number of anilines is 1. The van der Waals surface area contributed by atoms with Gasteiger partial charge >= 0.3 is 0 Å². The number of carbonyl (C=O) groups excluding carboxylic acids is 1. The summed E-state index contributed by atoms with van der Waals surface area (Å²) in [5.74, 6) is 1.95. The molecule has 1 unspecified atom stereocenters. The number of rotatable bonds is 5. The van der Waals surface area contributed by atoms with E-state index in [0.717, 1.165) is 35.1 Å². The molecule has 1 aromatic carbocycles. The van der Waals surface area contributed by atoms with E-state index in [0.29, 0.717) is 17.8 Å². The molecule has 1 heterocycles. The normalized spacial score (nSPS) is 23.3. The molecular weight excluding hydrogens is 348 g/mol. The van der Waals surface area contributed by atoms with E-state index in [9.17, 15) is 4.79 Å². The highest BCUT2D eigenvalue weighted by molar-refractivity contribution is 6.02. The summed E-state index contributed by atoms with van der Waals surface area (Å²) in [6.45, 7) is 13.5. The predicted octanol–water partition coefficient (Wildman–Crippen LogP) is 5.88. The number of aromatic amines is 1. The minimum absolute atomic E-state index is 0.0358. The molecule has 28 heavy (non-hydrogen) atoms. The van der Waals surface area contributed by atoms with Gasteiger partial charge in [-0.2, -0.15) is 0 Å². The number of carbonyl (C=O) groups is 1. The number of amides is 1. The fraction of sp³-hybridized carbons (Fsp3) is 0.625. The number of hydrogen-bond acceptors (Lipinski definition) is 2. The maximum Gasteiger partial charge on any atom is 0.250 e. The lowest BCUT2D eigenvalue weighted by molar-refractivity contribution is -0.124. The fourth-order valence-corrected chi connectivity index (χ4v) is 4.32. The lowest BCUT2D eigenvalue weighted by Crippen LogP contribution is -2.32. The van der Waals surface area contributed by atoms with Crippen molar-refractivity contribution in [3.05, 3.63) is 30.0 Å². The first-order valence-corrected chi connectivity index (χ1v) is 10.7. The van der Waals surface area contributed by atoms with Crippen molar-refractivity contribution in [2.45, 2.75) is 72.3 Å². The number of hydrogen-bond donors (Lipinski definition) is 2. The summed E-state index contributed by atoms with van der Waals surface area (Å²) in [7, 11) is 0. The summed E-state index contributed by atoms with van der Waals surface area (Å²) in [6, 6.07) is 8.11. The molecule has 1 aromatic heterocycles. The highest BCUT2D eigenvalue weighted by atomic mass is 16.5. The quantitative estimate of drug-likeness (QED) is 0.676. The summed E-state index contributed by atoms with van der Waals surface area (Å²) in [5.41, 5.74) is 3.09. The van der Waals surface area contributed by atoms with Gasteiger partial charge in [-0.1, -0.05) is 47.6 Å². The minimum Gasteiger partial charge on any atom is -0.368 e. The number of H-pyrrole nitrogens is 1. The average Bonchev–Trinajstić information content (AvgIpc) is 3.05. The van der Waals surface area contributed by atoms with Gasteiger partial charge in [0.1, 0.15) is 6.61 Å². The Morgan fingerprint density at radius 3 is 2.68 bits per heavy atom. The Morgan fingerprint density at radius 1 is 1.25 bits per heavy atom. The summed E-state index contributed by atoms with van der Waals surface area (Å²) in [6.07, 6.45) is 3.59. The third-order valence-corrected chi connectivity index (χ3v) is 6.08. The van der Waals surface area contributed by atoms with E-state index >= 15 is 0 Å². The van der Waals surface area contributed by atoms with Gasteiger partial charge in [0.2, 0.25) is 5.91 Å². The topological polar surface area (TPSA) is 54.1 Å². The van der Waals surface area contributed by atoms with Gasteiger partial charge in [0, 0.05) is 22.0 Å². The molecule has 154 valence electrons. The lowest BCUT2D eigenvalue weighted by Gasteiger charge is -2.35. The summed E-state index contributed by atoms with van der Waals surface area (Å²) in [4.78, 5) is 16.0. The molecule has 1 fully saturated rings. The van der Waals surface area contributed by atoms with E-state index in [1.807, 2.05) is 18.2 Å². The molecule has 2 N–H and O–H groups in total. The van der Waals surface area contributed by atoms with Gasteiger partial charge in [-0.25, -0.2) is 0 Å². The van der Waals surface area contributed by atoms with Crippen molar-refractivity contribution >= 4 is 22.5 Å². The molecule has 1 aliphatic rings. The second-order valence-electron chi connectivity index (χ2n) is 10.00. The first-order valence-electron chi connectivity index (χ1n) is 10.7. The molecule has 0 aliphatic heterocycles. The van der Waals surface area contributed by atoms with E-state index < -0.39 is 0 Å². The van der Waals surface area contributed by atoms with Gasteiger partial charge < -0.3 is 15.0 Å². The van der Waals surface area contributed by atoms with E-state index in [1.54, 1.807) is 0 Å². The van der Waals surface area contributed by atoms with E-state index in [2.05, 4.69) is 57.9 Å². The second kappa shape index (κ2) is 8.28. The molecule has 0 bridgehead atoms. The monoisotopic (exact) mass is 384 g/mol. The van der Waals surface area contributed by atoms with Crippen LogP contribution in [0.4, 0.5) is 5.69 Å². The Hall–Kier alpha value is -1.81. The van der Waals surface area contributed by atoms with Crippen LogP contribution in [-0.2, 0) is 14.9 Å². The van der Waals surface area contributed by atoms with Crippen LogP contribution >= 0.6 is 0 Å². The molecule has 2 aromatic rings. The molecule has 0 spiro atoms. The maximum atomic E-state index is 12.6. The van der Waals surface area contributed by atoms with Crippen LogP contribution in [0.3, 0.4) is 0 Å². The zero-order chi connectivity index (χ0) is 20.5. The van der Waals surface area contributed by atoms with Crippen LogP contribution in [0, 0.1) is 17.8 Å². The summed E-state index contributed by atoms with van der Waals surface area (Å²) < 4.78 is 6.02. The van der Waals surface area contributed by atoms with Crippen LogP contribution in [-0.4, -0.2) is 23.6 Å². The maximum absolute atomic E-state index is 12.6. The number of benzene rings is 1. The second-order valence-corrected chi connectivity index (χ2v) is 10.00. The molecule has 3 rings (SSSR count). The molecule has 4 nitrogen and oxygen atoms in total. The number of ether oxygens (including phenoxy) is 1. The molecule has 0 radical (unpaired) electrons. The van der Waals surface area contributed by atoms with Gasteiger partial charge in [-0.05, 0) is 55.2 Å². The Bertz CT molecular complexity index is 816. The fourth-order valence-electron chi connectivity index (χ4n) is 4.32. The van der Waals surface area contributed by atoms with Crippen LogP contribution in [0.1, 0.15) is 66.5 Å². The minimum atomic E-state index is -0.0784. The van der Waals surface area contributed by atoms with E-state index in [4.69, 9.17) is 4.74 Å². The third-order valence-electron chi connectivity index (χ3n) is 6.08. The molecule has 1 aliphatic carbocycles. The zero-order valence-corrected chi connectivity index (χ0v) is 18.3. The van der Waals surface area contributed by atoms with E-state index in [1.165, 1.54) is 6.42 Å². The zero-order valence-electron chi connectivity index (χ0n) is 18.3. The number of aromatic nitrogens is 1. The molecular formula is C24H36N2O2. The average molecular weight is 385 g/mol. The Kier molecular flexibility index (Phi) is 6.18. The number of nitrogens with one attached hydrogen (secondary N) is 2. The number of fused-ring (bicyclic) bond motifs is 1. The van der Waals surface area contributed by atoms with Crippen LogP contribution in [0.25, 0.3) is 10.9 Å². The smallest absolute Gasteiger partial charge is 0.250 e. The Morgan fingerprint density at radius 2 is 2.00 bits per heavy atom. The van der Waals surface area contributed by atoms with Crippen molar-refractivity contribution in [3.8, 4) is 0 Å². The third kappa shape index (κ3) is 4.96. The van der Waals surface area contributed by atoms with Crippen molar-refractivity contribution in [2.24, 2.45) is 17.8 Å². The standard InChI is InChI=1S/C24H36N2O2/c1-15(2)17-10-16(3)11-18(12-17)28-14-23(27)26-21-9-7-8-20-19(21)13-22(25-20)24(4,5)6/h7-9,13,15-18,25H,10-12,14H2,1-6H3,(H,26,27)/t16-,17?,18-/m1/s1. The predicted molar refractivity (Wildman–Crippen MR) is 117 cm³/mol. The first-order chi connectivity index (χ1) is 13.1. The van der Waals surface area contributed by atoms with Crippen molar-refractivity contribution in [1.82, 2.24) is 4.98 Å². The highest BCUT2D eigenvalue weighted by Gasteiger charge is 2.29. The molecule has 0 saturated heterocycles. The van der Waals surface area contributed by atoms with Gasteiger partial charge in [-0.15, -0.1) is 0 Å². The SMILES string of the molecule is CC(C)C1C[C@@H](C)C[C@@H](OCC(=O)Nc2cccc3[nH]c(C(C)(C)C)cc23)C1. The van der Waals surface area contributed by atoms with Gasteiger partial charge in [0.25, 0.3) is 0 Å². The van der Waals surface area contributed by atoms with Crippen LogP contribution in [0.5, 0.6) is 0 Å².